The molecule has 1 aromatic carbocycles. The van der Waals surface area contributed by atoms with Crippen molar-refractivity contribution in [3.05, 3.63) is 29.3 Å². The first-order valence-corrected chi connectivity index (χ1v) is 8.18. The maximum Gasteiger partial charge on any atom is 0.115 e. The van der Waals surface area contributed by atoms with Gasteiger partial charge in [-0.25, -0.2) is 0 Å². The average molecular weight is 288 g/mol. The Labute approximate surface area is 125 Å². The fourth-order valence-corrected chi connectivity index (χ4v) is 5.60. The van der Waals surface area contributed by atoms with Crippen LogP contribution in [0.3, 0.4) is 0 Å². The molecule has 4 rings (SSSR count). The molecule has 0 radical (unpaired) electrons. The highest BCUT2D eigenvalue weighted by Gasteiger charge is 2.58. The SMILES string of the molecule is C[C@]12CC[C@@H]3c4ccc(O)cc4CC[C@H]3[C@@H]1C(O)C[C@H]2O. The van der Waals surface area contributed by atoms with Crippen LogP contribution in [-0.4, -0.2) is 27.5 Å². The van der Waals surface area contributed by atoms with Crippen molar-refractivity contribution in [2.75, 3.05) is 0 Å². The van der Waals surface area contributed by atoms with E-state index in [9.17, 15) is 15.3 Å². The van der Waals surface area contributed by atoms with Crippen molar-refractivity contribution in [1.29, 1.82) is 0 Å². The highest BCUT2D eigenvalue weighted by Crippen LogP contribution is 2.60. The van der Waals surface area contributed by atoms with E-state index >= 15 is 0 Å². The van der Waals surface area contributed by atoms with Crippen LogP contribution in [0, 0.1) is 17.3 Å². The molecule has 0 aliphatic heterocycles. The fourth-order valence-electron chi connectivity index (χ4n) is 5.60. The van der Waals surface area contributed by atoms with Gasteiger partial charge in [-0.1, -0.05) is 13.0 Å². The summed E-state index contributed by atoms with van der Waals surface area (Å²) in [5, 5.41) is 30.6. The third kappa shape index (κ3) is 1.80. The maximum atomic E-state index is 10.5. The van der Waals surface area contributed by atoms with Crippen molar-refractivity contribution in [2.24, 2.45) is 17.3 Å². The van der Waals surface area contributed by atoms with Crippen LogP contribution < -0.4 is 0 Å². The van der Waals surface area contributed by atoms with Gasteiger partial charge in [0.15, 0.2) is 0 Å². The minimum absolute atomic E-state index is 0.116. The van der Waals surface area contributed by atoms with Crippen molar-refractivity contribution in [2.45, 2.75) is 57.2 Å². The molecule has 0 aromatic heterocycles. The number of aromatic hydroxyl groups is 1. The second-order valence-electron chi connectivity index (χ2n) is 7.58. The minimum atomic E-state index is -0.364. The summed E-state index contributed by atoms with van der Waals surface area (Å²) in [7, 11) is 0. The predicted octanol–water partition coefficient (Wildman–Crippen LogP) is 2.58. The highest BCUT2D eigenvalue weighted by atomic mass is 16.3. The molecule has 0 heterocycles. The number of phenolic OH excluding ortho intramolecular Hbond substituents is 1. The van der Waals surface area contributed by atoms with Crippen molar-refractivity contribution in [3.63, 3.8) is 0 Å². The van der Waals surface area contributed by atoms with E-state index in [2.05, 4.69) is 13.0 Å². The van der Waals surface area contributed by atoms with Gasteiger partial charge in [0.1, 0.15) is 5.75 Å². The van der Waals surface area contributed by atoms with Crippen molar-refractivity contribution < 1.29 is 15.3 Å². The van der Waals surface area contributed by atoms with Crippen LogP contribution in [0.15, 0.2) is 18.2 Å². The smallest absolute Gasteiger partial charge is 0.115 e. The summed E-state index contributed by atoms with van der Waals surface area (Å²) >= 11 is 0. The Morgan fingerprint density at radius 3 is 2.81 bits per heavy atom. The second kappa shape index (κ2) is 4.47. The van der Waals surface area contributed by atoms with Crippen LogP contribution >= 0.6 is 0 Å². The number of rotatable bonds is 0. The van der Waals surface area contributed by atoms with E-state index in [0.29, 0.717) is 24.0 Å². The molecule has 3 N–H and O–H groups in total. The van der Waals surface area contributed by atoms with Crippen LogP contribution in [0.1, 0.15) is 49.7 Å². The van der Waals surface area contributed by atoms with Gasteiger partial charge in [0.25, 0.3) is 0 Å². The molecule has 114 valence electrons. The van der Waals surface area contributed by atoms with Gasteiger partial charge in [0.05, 0.1) is 12.2 Å². The van der Waals surface area contributed by atoms with Gasteiger partial charge in [0, 0.05) is 6.42 Å². The number of hydrogen-bond donors (Lipinski definition) is 3. The number of aliphatic hydroxyl groups is 2. The zero-order chi connectivity index (χ0) is 14.8. The third-order valence-corrected chi connectivity index (χ3v) is 6.65. The maximum absolute atomic E-state index is 10.5. The van der Waals surface area contributed by atoms with Gasteiger partial charge in [-0.15, -0.1) is 0 Å². The van der Waals surface area contributed by atoms with Crippen LogP contribution in [0.5, 0.6) is 5.75 Å². The van der Waals surface area contributed by atoms with Gasteiger partial charge in [-0.05, 0) is 72.1 Å². The van der Waals surface area contributed by atoms with Crippen LogP contribution in [0.25, 0.3) is 0 Å². The summed E-state index contributed by atoms with van der Waals surface area (Å²) < 4.78 is 0. The van der Waals surface area contributed by atoms with Crippen molar-refractivity contribution >= 4 is 0 Å². The summed E-state index contributed by atoms with van der Waals surface area (Å²) in [4.78, 5) is 0. The quantitative estimate of drug-likeness (QED) is 0.687. The number of hydrogen-bond acceptors (Lipinski definition) is 3. The Balaban J connectivity index is 1.73. The molecule has 3 nitrogen and oxygen atoms in total. The zero-order valence-electron chi connectivity index (χ0n) is 12.5. The fraction of sp³-hybridized carbons (Fsp3) is 0.667. The first-order valence-electron chi connectivity index (χ1n) is 8.18. The lowest BCUT2D eigenvalue weighted by Crippen LogP contribution is -2.46. The molecule has 2 fully saturated rings. The highest BCUT2D eigenvalue weighted by molar-refractivity contribution is 5.40. The normalized spacial score (nSPS) is 44.8. The minimum Gasteiger partial charge on any atom is -0.508 e. The topological polar surface area (TPSA) is 60.7 Å². The van der Waals surface area contributed by atoms with E-state index in [4.69, 9.17) is 0 Å². The molecule has 6 atom stereocenters. The lowest BCUT2D eigenvalue weighted by Gasteiger charge is -2.50. The molecule has 1 unspecified atom stereocenters. The number of phenols is 1. The van der Waals surface area contributed by atoms with Crippen molar-refractivity contribution in [3.8, 4) is 5.75 Å². The van der Waals surface area contributed by atoms with E-state index in [1.807, 2.05) is 6.07 Å². The Morgan fingerprint density at radius 1 is 1.19 bits per heavy atom. The zero-order valence-corrected chi connectivity index (χ0v) is 12.5. The van der Waals surface area contributed by atoms with Gasteiger partial charge in [0.2, 0.25) is 0 Å². The number of aryl methyl sites for hydroxylation is 1. The molecule has 3 heteroatoms. The lowest BCUT2D eigenvalue weighted by molar-refractivity contribution is -0.0440. The monoisotopic (exact) mass is 288 g/mol. The number of fused-ring (bicyclic) bond motifs is 5. The molecule has 0 saturated heterocycles. The van der Waals surface area contributed by atoms with Crippen molar-refractivity contribution in [1.82, 2.24) is 0 Å². The van der Waals surface area contributed by atoms with Gasteiger partial charge in [-0.3, -0.25) is 0 Å². The van der Waals surface area contributed by atoms with Crippen LogP contribution in [-0.2, 0) is 6.42 Å². The molecule has 21 heavy (non-hydrogen) atoms. The molecule has 1 aromatic rings. The summed E-state index contributed by atoms with van der Waals surface area (Å²) in [6.07, 6.45) is 3.91. The Hall–Kier alpha value is -1.06. The summed E-state index contributed by atoms with van der Waals surface area (Å²) in [5.74, 6) is 1.51. The van der Waals surface area contributed by atoms with E-state index in [0.717, 1.165) is 25.7 Å². The second-order valence-corrected chi connectivity index (χ2v) is 7.58. The summed E-state index contributed by atoms with van der Waals surface area (Å²) in [6, 6.07) is 5.76. The lowest BCUT2D eigenvalue weighted by atomic mass is 9.55. The molecule has 0 amide bonds. The van der Waals surface area contributed by atoms with E-state index < -0.39 is 0 Å². The summed E-state index contributed by atoms with van der Waals surface area (Å²) in [5.41, 5.74) is 2.52. The molecule has 0 spiro atoms. The van der Waals surface area contributed by atoms with E-state index in [-0.39, 0.29) is 23.5 Å². The third-order valence-electron chi connectivity index (χ3n) is 6.65. The van der Waals surface area contributed by atoms with E-state index in [1.54, 1.807) is 6.07 Å². The molecule has 2 saturated carbocycles. The van der Waals surface area contributed by atoms with Gasteiger partial charge in [-0.2, -0.15) is 0 Å². The largest absolute Gasteiger partial charge is 0.508 e. The molecule has 3 aliphatic rings. The van der Waals surface area contributed by atoms with Gasteiger partial charge >= 0.3 is 0 Å². The average Bonchev–Trinajstić information content (AvgIpc) is 2.68. The van der Waals surface area contributed by atoms with Crippen LogP contribution in [0.2, 0.25) is 0 Å². The molecule has 0 bridgehead atoms. The Bertz CT molecular complexity index is 570. The van der Waals surface area contributed by atoms with Gasteiger partial charge < -0.3 is 15.3 Å². The summed E-state index contributed by atoms with van der Waals surface area (Å²) in [6.45, 7) is 2.17. The molecule has 3 aliphatic carbocycles. The first kappa shape index (κ1) is 13.6. The van der Waals surface area contributed by atoms with E-state index in [1.165, 1.54) is 11.1 Å². The number of aliphatic hydroxyl groups excluding tert-OH is 2. The Kier molecular flexibility index (Phi) is 2.89. The Morgan fingerprint density at radius 2 is 2.00 bits per heavy atom. The standard InChI is InChI=1S/C18H24O3/c1-18-7-6-13-12-5-3-11(19)8-10(12)2-4-14(13)17(18)15(20)9-16(18)21/h3,5,8,13-17,19-21H,2,4,6-7,9H2,1H3/t13-,14-,15?,16-,17-,18-/m1/s1. The van der Waals surface area contributed by atoms with Crippen LogP contribution in [0.4, 0.5) is 0 Å². The molecular weight excluding hydrogens is 264 g/mol. The molecular formula is C18H24O3. The first-order chi connectivity index (χ1) is 10.0. The predicted molar refractivity (Wildman–Crippen MR) is 80.1 cm³/mol. The number of benzene rings is 1.